The van der Waals surface area contributed by atoms with Crippen LogP contribution < -0.4 is 36.9 Å². The minimum Gasteiger partial charge on any atom is -0.484 e. The van der Waals surface area contributed by atoms with Gasteiger partial charge in [-0.05, 0) is 97.2 Å². The monoisotopic (exact) mass is 863 g/mol. The van der Waals surface area contributed by atoms with Crippen LogP contribution in [0, 0.1) is 0 Å². The number of amides is 3. The van der Waals surface area contributed by atoms with Gasteiger partial charge >= 0.3 is 0 Å². The Kier molecular flexibility index (Phi) is 16.8. The van der Waals surface area contributed by atoms with E-state index in [9.17, 15) is 14.4 Å². The Balaban J connectivity index is 0.992. The van der Waals surface area contributed by atoms with Crippen LogP contribution in [0.3, 0.4) is 0 Å². The molecule has 15 nitrogen and oxygen atoms in total. The average Bonchev–Trinajstić information content (AvgIpc) is 3.28. The number of aryl methyl sites for hydroxylation is 2. The van der Waals surface area contributed by atoms with Gasteiger partial charge in [-0.2, -0.15) is 0 Å². The molecule has 62 heavy (non-hydrogen) atoms. The van der Waals surface area contributed by atoms with Gasteiger partial charge in [0.25, 0.3) is 17.7 Å². The summed E-state index contributed by atoms with van der Waals surface area (Å²) in [6.07, 6.45) is 13.8. The number of nitrogen functional groups attached to an aromatic ring is 2. The lowest BCUT2D eigenvalue weighted by Crippen LogP contribution is -2.60. The number of rotatable bonds is 22. The van der Waals surface area contributed by atoms with Crippen molar-refractivity contribution in [2.75, 3.05) is 63.9 Å². The average molecular weight is 864 g/mol. The number of benzene rings is 2. The number of carbonyl (C=O) groups excluding carboxylic acids is 3. The molecule has 4 heterocycles. The molecule has 0 radical (unpaired) electrons. The standard InChI is InChI=1S/C46H55ClN10O5/c47-43-45(49)56-44(48)42(55-43)46(60)54-37-10-5-27-57(30-37,25-3-8-33-11-15-38(16-12-33)61-31-40(58)52-23-19-35-6-1-21-50-28-35)26-4-9-34-13-17-39(18-14-34)62-32-41(59)53-24-20-36-7-2-22-51-29-36/h1-2,6-7,11-18,21-22,28-29,37H,3-5,8-10,19-20,23-27,30-32H2,(H6-,48,49,52,53,54,56,58,59,60)/p+1/t37-/m0/s1. The van der Waals surface area contributed by atoms with Gasteiger partial charge in [0.2, 0.25) is 0 Å². The summed E-state index contributed by atoms with van der Waals surface area (Å²) in [5.74, 6) is 0.426. The molecule has 3 aromatic heterocycles. The van der Waals surface area contributed by atoms with Crippen molar-refractivity contribution in [3.8, 4) is 11.5 Å². The molecule has 0 unspecified atom stereocenters. The first-order valence-corrected chi connectivity index (χ1v) is 21.5. The zero-order chi connectivity index (χ0) is 43.6. The fourth-order valence-electron chi connectivity index (χ4n) is 7.75. The fourth-order valence-corrected chi connectivity index (χ4v) is 7.87. The summed E-state index contributed by atoms with van der Waals surface area (Å²) >= 11 is 6.09. The molecular formula is C46H56ClN10O5+. The number of ether oxygens (including phenoxy) is 2. The Morgan fingerprint density at radius 1 is 0.694 bits per heavy atom. The number of nitrogens with zero attached hydrogens (tertiary/aromatic N) is 5. The Morgan fingerprint density at radius 2 is 1.23 bits per heavy atom. The maximum atomic E-state index is 13.4. The second-order valence-corrected chi connectivity index (χ2v) is 16.0. The van der Waals surface area contributed by atoms with Crippen LogP contribution in [0.25, 0.3) is 0 Å². The number of carbonyl (C=O) groups is 3. The third-order valence-corrected chi connectivity index (χ3v) is 11.2. The molecule has 0 spiro atoms. The van der Waals surface area contributed by atoms with Crippen molar-refractivity contribution in [2.45, 2.75) is 57.4 Å². The van der Waals surface area contributed by atoms with E-state index in [0.29, 0.717) is 37.4 Å². The topological polar surface area (TPSA) is 209 Å². The van der Waals surface area contributed by atoms with E-state index in [0.717, 1.165) is 80.3 Å². The number of likely N-dealkylation sites (tertiary alicyclic amines) is 1. The van der Waals surface area contributed by atoms with Gasteiger partial charge in [-0.3, -0.25) is 24.4 Å². The van der Waals surface area contributed by atoms with Gasteiger partial charge in [0.05, 0.1) is 32.2 Å². The molecule has 1 atom stereocenters. The molecule has 5 aromatic rings. The van der Waals surface area contributed by atoms with Crippen molar-refractivity contribution in [2.24, 2.45) is 0 Å². The van der Waals surface area contributed by atoms with Gasteiger partial charge in [0.15, 0.2) is 35.7 Å². The highest BCUT2D eigenvalue weighted by Gasteiger charge is 2.35. The summed E-state index contributed by atoms with van der Waals surface area (Å²) in [4.78, 5) is 54.4. The number of aromatic nitrogens is 4. The zero-order valence-electron chi connectivity index (χ0n) is 34.9. The molecule has 1 aliphatic heterocycles. The van der Waals surface area contributed by atoms with E-state index in [1.807, 2.05) is 72.8 Å². The van der Waals surface area contributed by atoms with Crippen LogP contribution in [0.5, 0.6) is 11.5 Å². The molecule has 1 fully saturated rings. The van der Waals surface area contributed by atoms with Crippen molar-refractivity contribution in [3.05, 3.63) is 131 Å². The number of piperidine rings is 1. The number of pyridine rings is 2. The summed E-state index contributed by atoms with van der Waals surface area (Å²) in [6, 6.07) is 23.4. The van der Waals surface area contributed by atoms with Crippen LogP contribution in [0.1, 0.15) is 58.4 Å². The zero-order valence-corrected chi connectivity index (χ0v) is 35.7. The normalized spacial score (nSPS) is 14.4. The van der Waals surface area contributed by atoms with Crippen LogP contribution in [-0.2, 0) is 35.3 Å². The van der Waals surface area contributed by atoms with Crippen molar-refractivity contribution in [3.63, 3.8) is 0 Å². The summed E-state index contributed by atoms with van der Waals surface area (Å²) in [5.41, 5.74) is 16.2. The molecule has 16 heteroatoms. The van der Waals surface area contributed by atoms with Gasteiger partial charge < -0.3 is 41.4 Å². The minimum atomic E-state index is -0.420. The third-order valence-electron chi connectivity index (χ3n) is 10.9. The quantitative estimate of drug-likeness (QED) is 0.0611. The number of quaternary nitrogens is 1. The minimum absolute atomic E-state index is 0.0231. The predicted octanol–water partition coefficient (Wildman–Crippen LogP) is 4.53. The molecule has 1 aliphatic rings. The maximum absolute atomic E-state index is 13.4. The molecule has 1 saturated heterocycles. The lowest BCUT2D eigenvalue weighted by atomic mass is 9.99. The summed E-state index contributed by atoms with van der Waals surface area (Å²) in [6.45, 7) is 4.53. The molecule has 3 amide bonds. The molecule has 6 rings (SSSR count). The van der Waals surface area contributed by atoms with E-state index >= 15 is 0 Å². The van der Waals surface area contributed by atoms with Gasteiger partial charge in [0, 0.05) is 50.7 Å². The summed E-state index contributed by atoms with van der Waals surface area (Å²) in [7, 11) is 0. The highest BCUT2D eigenvalue weighted by atomic mass is 35.5. The first kappa shape index (κ1) is 45.2. The first-order valence-electron chi connectivity index (χ1n) is 21.1. The number of halogens is 1. The largest absolute Gasteiger partial charge is 0.484 e. The molecule has 0 bridgehead atoms. The molecule has 7 N–H and O–H groups in total. The number of hydrogen-bond acceptors (Lipinski definition) is 11. The van der Waals surface area contributed by atoms with E-state index in [-0.39, 0.29) is 53.6 Å². The Bertz CT molecular complexity index is 2090. The second kappa shape index (κ2) is 23.0. The second-order valence-electron chi connectivity index (χ2n) is 15.6. The number of nitrogens with one attached hydrogen (secondary N) is 3. The Labute approximate surface area is 367 Å². The lowest BCUT2D eigenvalue weighted by Gasteiger charge is -2.45. The fraction of sp³-hybridized carbons (Fsp3) is 0.370. The highest BCUT2D eigenvalue weighted by Crippen LogP contribution is 2.25. The summed E-state index contributed by atoms with van der Waals surface area (Å²) < 4.78 is 12.4. The van der Waals surface area contributed by atoms with Crippen LogP contribution in [-0.4, -0.2) is 101 Å². The van der Waals surface area contributed by atoms with Crippen LogP contribution in [0.4, 0.5) is 11.6 Å². The van der Waals surface area contributed by atoms with Crippen LogP contribution >= 0.6 is 11.6 Å². The van der Waals surface area contributed by atoms with E-state index in [1.54, 1.807) is 24.8 Å². The van der Waals surface area contributed by atoms with Crippen molar-refractivity contribution in [1.29, 1.82) is 0 Å². The van der Waals surface area contributed by atoms with Gasteiger partial charge in [-0.25, -0.2) is 9.97 Å². The molecular weight excluding hydrogens is 808 g/mol. The van der Waals surface area contributed by atoms with E-state index in [4.69, 9.17) is 32.5 Å². The Hall–Kier alpha value is -6.32. The predicted molar refractivity (Wildman–Crippen MR) is 239 cm³/mol. The van der Waals surface area contributed by atoms with Crippen molar-refractivity contribution < 1.29 is 28.3 Å². The molecule has 0 aliphatic carbocycles. The van der Waals surface area contributed by atoms with Gasteiger partial charge in [-0.15, -0.1) is 0 Å². The first-order chi connectivity index (χ1) is 30.1. The SMILES string of the molecule is Nc1nc(N)c(C(=O)N[C@H]2CCC[N+](CCCc3ccc(OCC(=O)NCCc4cccnc4)cc3)(CCCc3ccc(OCC(=O)NCCc4cccnc4)cc3)C2)nc1Cl. The van der Waals surface area contributed by atoms with Crippen molar-refractivity contribution in [1.82, 2.24) is 35.9 Å². The lowest BCUT2D eigenvalue weighted by molar-refractivity contribution is -0.933. The van der Waals surface area contributed by atoms with E-state index in [1.165, 1.54) is 11.1 Å². The smallest absolute Gasteiger partial charge is 0.274 e. The van der Waals surface area contributed by atoms with E-state index < -0.39 is 5.91 Å². The number of nitrogens with two attached hydrogens (primary N) is 2. The van der Waals surface area contributed by atoms with Crippen LogP contribution in [0.15, 0.2) is 97.6 Å². The maximum Gasteiger partial charge on any atom is 0.274 e. The molecule has 2 aromatic carbocycles. The van der Waals surface area contributed by atoms with Crippen LogP contribution in [0.2, 0.25) is 5.15 Å². The molecule has 326 valence electrons. The highest BCUT2D eigenvalue weighted by molar-refractivity contribution is 6.31. The number of hydrogen-bond donors (Lipinski definition) is 5. The van der Waals surface area contributed by atoms with E-state index in [2.05, 4.69) is 35.9 Å². The molecule has 0 saturated carbocycles. The summed E-state index contributed by atoms with van der Waals surface area (Å²) in [5, 5.41) is 8.88. The van der Waals surface area contributed by atoms with Crippen molar-refractivity contribution >= 4 is 41.0 Å². The third kappa shape index (κ3) is 14.4. The Morgan fingerprint density at radius 3 is 1.73 bits per heavy atom. The van der Waals surface area contributed by atoms with Gasteiger partial charge in [-0.1, -0.05) is 48.0 Å². The number of anilines is 2. The van der Waals surface area contributed by atoms with Gasteiger partial charge in [0.1, 0.15) is 11.5 Å².